The van der Waals surface area contributed by atoms with Crippen LogP contribution in [0.4, 0.5) is 0 Å². The van der Waals surface area contributed by atoms with Crippen LogP contribution in [0.3, 0.4) is 0 Å². The molecule has 0 spiro atoms. The van der Waals surface area contributed by atoms with Crippen molar-refractivity contribution >= 4 is 31.9 Å². The third kappa shape index (κ3) is 2.43. The molecule has 0 saturated carbocycles. The third-order valence-corrected chi connectivity index (χ3v) is 5.83. The number of hydrogen-bond acceptors (Lipinski definition) is 1. The van der Waals surface area contributed by atoms with Gasteiger partial charge in [-0.05, 0) is 90.0 Å². The molecule has 0 aliphatic rings. The predicted octanol–water partition coefficient (Wildman–Crippen LogP) is 6.07. The van der Waals surface area contributed by atoms with Gasteiger partial charge in [-0.1, -0.05) is 15.9 Å². The fourth-order valence-electron chi connectivity index (χ4n) is 2.55. The van der Waals surface area contributed by atoms with Crippen LogP contribution in [0.15, 0.2) is 21.4 Å². The van der Waals surface area contributed by atoms with Crippen molar-refractivity contribution in [1.82, 2.24) is 0 Å². The Balaban J connectivity index is 2.67. The second-order valence-corrected chi connectivity index (χ2v) is 6.69. The molecule has 0 fully saturated rings. The normalized spacial score (nSPS) is 12.8. The van der Waals surface area contributed by atoms with Gasteiger partial charge in [0.15, 0.2) is 4.67 Å². The van der Waals surface area contributed by atoms with Gasteiger partial charge in [-0.3, -0.25) is 0 Å². The lowest BCUT2D eigenvalue weighted by Crippen LogP contribution is -2.05. The molecule has 0 radical (unpaired) electrons. The summed E-state index contributed by atoms with van der Waals surface area (Å²) in [4.78, 5) is 0.152. The number of halogens is 2. The SMILES string of the molecule is Cc1c(C)c(C)c(C(Br)c2ccoc2Br)c(C)c1C. The minimum absolute atomic E-state index is 0.152. The van der Waals surface area contributed by atoms with E-state index in [4.69, 9.17) is 4.42 Å². The quantitative estimate of drug-likeness (QED) is 0.572. The third-order valence-electron chi connectivity index (χ3n) is 4.23. The Morgan fingerprint density at radius 3 is 1.79 bits per heavy atom. The van der Waals surface area contributed by atoms with Crippen LogP contribution >= 0.6 is 31.9 Å². The summed E-state index contributed by atoms with van der Waals surface area (Å²) < 4.78 is 6.15. The first kappa shape index (κ1) is 14.9. The first-order valence-corrected chi connectivity index (χ1v) is 8.01. The standard InChI is InChI=1S/C16H18Br2O/c1-8-9(2)11(4)14(12(5)10(8)3)15(17)13-6-7-19-16(13)18/h6-7,15H,1-5H3. The topological polar surface area (TPSA) is 13.1 Å². The second kappa shape index (κ2) is 5.45. The van der Waals surface area contributed by atoms with Gasteiger partial charge >= 0.3 is 0 Å². The highest BCUT2D eigenvalue weighted by Crippen LogP contribution is 2.41. The van der Waals surface area contributed by atoms with E-state index in [0.717, 1.165) is 10.2 Å². The highest BCUT2D eigenvalue weighted by Gasteiger charge is 2.22. The van der Waals surface area contributed by atoms with Crippen molar-refractivity contribution in [3.8, 4) is 0 Å². The zero-order chi connectivity index (χ0) is 14.3. The van der Waals surface area contributed by atoms with Crippen molar-refractivity contribution in [3.05, 3.63) is 55.9 Å². The summed E-state index contributed by atoms with van der Waals surface area (Å²) in [6.07, 6.45) is 1.71. The molecule has 0 N–H and O–H groups in total. The molecular formula is C16H18Br2O. The second-order valence-electron chi connectivity index (χ2n) is 5.05. The Hall–Kier alpha value is -0.540. The molecule has 1 aromatic heterocycles. The molecule has 1 heterocycles. The zero-order valence-corrected chi connectivity index (χ0v) is 15.1. The van der Waals surface area contributed by atoms with Crippen molar-refractivity contribution in [2.45, 2.75) is 39.4 Å². The van der Waals surface area contributed by atoms with E-state index in [1.165, 1.54) is 33.4 Å². The minimum atomic E-state index is 0.152. The van der Waals surface area contributed by atoms with Crippen LogP contribution in [-0.2, 0) is 0 Å². The number of benzene rings is 1. The van der Waals surface area contributed by atoms with Crippen LogP contribution in [0.1, 0.15) is 43.8 Å². The van der Waals surface area contributed by atoms with Crippen LogP contribution in [0, 0.1) is 34.6 Å². The molecule has 2 aromatic rings. The summed E-state index contributed by atoms with van der Waals surface area (Å²) in [6, 6.07) is 2.01. The molecule has 0 saturated heterocycles. The number of alkyl halides is 1. The molecule has 1 aromatic carbocycles. The number of rotatable bonds is 2. The highest BCUT2D eigenvalue weighted by molar-refractivity contribution is 9.10. The molecule has 1 nitrogen and oxygen atoms in total. The van der Waals surface area contributed by atoms with E-state index < -0.39 is 0 Å². The van der Waals surface area contributed by atoms with Crippen LogP contribution in [0.25, 0.3) is 0 Å². The average molecular weight is 386 g/mol. The molecular weight excluding hydrogens is 368 g/mol. The van der Waals surface area contributed by atoms with Crippen LogP contribution in [0.5, 0.6) is 0 Å². The van der Waals surface area contributed by atoms with E-state index in [1.54, 1.807) is 6.26 Å². The van der Waals surface area contributed by atoms with Gasteiger partial charge in [0, 0.05) is 5.56 Å². The van der Waals surface area contributed by atoms with E-state index in [-0.39, 0.29) is 4.83 Å². The van der Waals surface area contributed by atoms with E-state index in [1.807, 2.05) is 6.07 Å². The number of furan rings is 1. The van der Waals surface area contributed by atoms with Crippen LogP contribution in [0.2, 0.25) is 0 Å². The summed E-state index contributed by atoms with van der Waals surface area (Å²) >= 11 is 7.30. The Morgan fingerprint density at radius 2 is 1.37 bits per heavy atom. The van der Waals surface area contributed by atoms with Crippen LogP contribution < -0.4 is 0 Å². The lowest BCUT2D eigenvalue weighted by Gasteiger charge is -2.22. The maximum Gasteiger partial charge on any atom is 0.173 e. The van der Waals surface area contributed by atoms with Gasteiger partial charge in [0.25, 0.3) is 0 Å². The van der Waals surface area contributed by atoms with Gasteiger partial charge in [-0.15, -0.1) is 0 Å². The summed E-state index contributed by atoms with van der Waals surface area (Å²) in [5.41, 5.74) is 9.34. The van der Waals surface area contributed by atoms with Gasteiger partial charge in [0.05, 0.1) is 11.1 Å². The fraction of sp³-hybridized carbons (Fsp3) is 0.375. The van der Waals surface area contributed by atoms with Crippen molar-refractivity contribution in [3.63, 3.8) is 0 Å². The van der Waals surface area contributed by atoms with E-state index >= 15 is 0 Å². The first-order chi connectivity index (χ1) is 8.86. The molecule has 3 heteroatoms. The Kier molecular flexibility index (Phi) is 4.26. The average Bonchev–Trinajstić information content (AvgIpc) is 2.80. The number of hydrogen-bond donors (Lipinski definition) is 0. The lowest BCUT2D eigenvalue weighted by molar-refractivity contribution is 0.537. The van der Waals surface area contributed by atoms with Gasteiger partial charge in [-0.25, -0.2) is 0 Å². The van der Waals surface area contributed by atoms with Gasteiger partial charge in [-0.2, -0.15) is 0 Å². The smallest absolute Gasteiger partial charge is 0.173 e. The molecule has 2 rings (SSSR count). The van der Waals surface area contributed by atoms with Crippen molar-refractivity contribution in [2.75, 3.05) is 0 Å². The fourth-order valence-corrected chi connectivity index (χ4v) is 4.37. The predicted molar refractivity (Wildman–Crippen MR) is 87.3 cm³/mol. The summed E-state index contributed by atoms with van der Waals surface area (Å²) in [5, 5.41) is 0. The van der Waals surface area contributed by atoms with E-state index in [9.17, 15) is 0 Å². The minimum Gasteiger partial charge on any atom is -0.457 e. The van der Waals surface area contributed by atoms with E-state index in [2.05, 4.69) is 66.5 Å². The Labute approximate surface area is 131 Å². The van der Waals surface area contributed by atoms with E-state index in [0.29, 0.717) is 0 Å². The molecule has 1 unspecified atom stereocenters. The largest absolute Gasteiger partial charge is 0.457 e. The van der Waals surface area contributed by atoms with Gasteiger partial charge in [0.1, 0.15) is 0 Å². The Bertz CT molecular complexity index is 597. The first-order valence-electron chi connectivity index (χ1n) is 6.30. The summed E-state index contributed by atoms with van der Waals surface area (Å²) in [7, 11) is 0. The summed E-state index contributed by atoms with van der Waals surface area (Å²) in [6.45, 7) is 11.0. The molecule has 0 aliphatic carbocycles. The molecule has 19 heavy (non-hydrogen) atoms. The highest BCUT2D eigenvalue weighted by atomic mass is 79.9. The maximum atomic E-state index is 5.36. The van der Waals surface area contributed by atoms with Crippen molar-refractivity contribution in [1.29, 1.82) is 0 Å². The zero-order valence-electron chi connectivity index (χ0n) is 11.9. The van der Waals surface area contributed by atoms with Crippen molar-refractivity contribution < 1.29 is 4.42 Å². The van der Waals surface area contributed by atoms with Crippen LogP contribution in [-0.4, -0.2) is 0 Å². The molecule has 0 amide bonds. The molecule has 102 valence electrons. The molecule has 0 aliphatic heterocycles. The molecule has 1 atom stereocenters. The van der Waals surface area contributed by atoms with Crippen molar-refractivity contribution in [2.24, 2.45) is 0 Å². The van der Waals surface area contributed by atoms with Gasteiger partial charge in [0.2, 0.25) is 0 Å². The maximum absolute atomic E-state index is 5.36. The van der Waals surface area contributed by atoms with Gasteiger partial charge < -0.3 is 4.42 Å². The lowest BCUT2D eigenvalue weighted by atomic mass is 9.87. The summed E-state index contributed by atoms with van der Waals surface area (Å²) in [5.74, 6) is 0. The monoisotopic (exact) mass is 384 g/mol. The Morgan fingerprint density at radius 1 is 0.895 bits per heavy atom. The molecule has 0 bridgehead atoms.